The summed E-state index contributed by atoms with van der Waals surface area (Å²) in [6.45, 7) is 2.00. The molecule has 2 amide bonds. The second-order valence-corrected chi connectivity index (χ2v) is 9.05. The first-order valence-electron chi connectivity index (χ1n) is 12.2. The van der Waals surface area contributed by atoms with Gasteiger partial charge in [-0.2, -0.15) is 0 Å². The van der Waals surface area contributed by atoms with Crippen LogP contribution >= 0.6 is 0 Å². The number of piperidine rings is 1. The highest BCUT2D eigenvalue weighted by Gasteiger charge is 2.27. The van der Waals surface area contributed by atoms with Crippen molar-refractivity contribution in [3.63, 3.8) is 0 Å². The minimum Gasteiger partial charge on any atom is -0.492 e. The van der Waals surface area contributed by atoms with Gasteiger partial charge in [0.2, 0.25) is 17.3 Å². The second kappa shape index (κ2) is 10.2. The minimum atomic E-state index is -0.263. The molecular weight excluding hydrogens is 432 g/mol. The summed E-state index contributed by atoms with van der Waals surface area (Å²) in [4.78, 5) is 34.4. The Morgan fingerprint density at radius 1 is 1.00 bits per heavy atom. The van der Waals surface area contributed by atoms with Crippen LogP contribution < -0.4 is 4.74 Å². The van der Waals surface area contributed by atoms with Gasteiger partial charge in [-0.1, -0.05) is 17.3 Å². The Bertz CT molecular complexity index is 1160. The number of pyridine rings is 1. The molecule has 0 aliphatic carbocycles. The maximum Gasteiger partial charge on any atom is 0.293 e. The number of carbonyl (C=O) groups excluding carboxylic acids is 2. The molecule has 178 valence electrons. The standard InChI is InChI=1S/C26H30N4O4/c31-23-10-5-14-29(26(32)24-22-9-4-13-27-25(22)28-34-24)16-17-33-21-8-3-6-19(18-21)11-12-20-7-1-2-15-30(20)23/h3-4,6,8-9,13,18,20H,1-2,5,7,10-12,14-17H2. The predicted molar refractivity (Wildman–Crippen MR) is 127 cm³/mol. The van der Waals surface area contributed by atoms with Gasteiger partial charge in [0, 0.05) is 31.7 Å². The molecule has 0 radical (unpaired) electrons. The molecule has 0 spiro atoms. The van der Waals surface area contributed by atoms with E-state index < -0.39 is 0 Å². The zero-order valence-electron chi connectivity index (χ0n) is 19.3. The van der Waals surface area contributed by atoms with Gasteiger partial charge in [0.15, 0.2) is 0 Å². The molecule has 1 saturated heterocycles. The molecule has 0 N–H and O–H groups in total. The van der Waals surface area contributed by atoms with E-state index in [0.29, 0.717) is 43.6 Å². The summed E-state index contributed by atoms with van der Waals surface area (Å²) in [6, 6.07) is 11.9. The number of hydrogen-bond acceptors (Lipinski definition) is 6. The van der Waals surface area contributed by atoms with Crippen LogP contribution in [0.1, 0.15) is 54.6 Å². The Morgan fingerprint density at radius 3 is 2.88 bits per heavy atom. The van der Waals surface area contributed by atoms with E-state index in [9.17, 15) is 9.59 Å². The number of amides is 2. The van der Waals surface area contributed by atoms with E-state index in [0.717, 1.165) is 38.0 Å². The van der Waals surface area contributed by atoms with Crippen LogP contribution in [0.5, 0.6) is 5.75 Å². The summed E-state index contributed by atoms with van der Waals surface area (Å²) < 4.78 is 11.4. The average molecular weight is 463 g/mol. The number of hydrogen-bond donors (Lipinski definition) is 0. The number of aromatic nitrogens is 2. The largest absolute Gasteiger partial charge is 0.492 e. The molecule has 34 heavy (non-hydrogen) atoms. The van der Waals surface area contributed by atoms with Crippen molar-refractivity contribution < 1.29 is 18.8 Å². The van der Waals surface area contributed by atoms with Crippen molar-refractivity contribution in [2.75, 3.05) is 26.2 Å². The summed E-state index contributed by atoms with van der Waals surface area (Å²) in [6.07, 6.45) is 7.79. The van der Waals surface area contributed by atoms with Gasteiger partial charge in [-0.25, -0.2) is 4.98 Å². The highest BCUT2D eigenvalue weighted by Crippen LogP contribution is 2.24. The summed E-state index contributed by atoms with van der Waals surface area (Å²) in [5, 5.41) is 4.51. The lowest BCUT2D eigenvalue weighted by Gasteiger charge is -2.36. The van der Waals surface area contributed by atoms with Gasteiger partial charge in [0.05, 0.1) is 11.9 Å². The maximum atomic E-state index is 13.4. The third-order valence-electron chi connectivity index (χ3n) is 6.80. The van der Waals surface area contributed by atoms with Crippen LogP contribution in [0.2, 0.25) is 0 Å². The van der Waals surface area contributed by atoms with E-state index in [2.05, 4.69) is 27.2 Å². The molecule has 2 aromatic heterocycles. The first kappa shape index (κ1) is 22.4. The lowest BCUT2D eigenvalue weighted by atomic mass is 9.95. The van der Waals surface area contributed by atoms with E-state index in [4.69, 9.17) is 9.26 Å². The monoisotopic (exact) mass is 462 g/mol. The lowest BCUT2D eigenvalue weighted by molar-refractivity contribution is -0.135. The van der Waals surface area contributed by atoms with E-state index in [1.165, 1.54) is 12.0 Å². The first-order chi connectivity index (χ1) is 16.7. The van der Waals surface area contributed by atoms with Gasteiger partial charge in [-0.3, -0.25) is 9.59 Å². The van der Waals surface area contributed by atoms with E-state index in [1.807, 2.05) is 12.1 Å². The Hall–Kier alpha value is -3.42. The van der Waals surface area contributed by atoms with Gasteiger partial charge in [0.25, 0.3) is 5.91 Å². The van der Waals surface area contributed by atoms with Gasteiger partial charge >= 0.3 is 0 Å². The molecule has 2 bridgehead atoms. The van der Waals surface area contributed by atoms with Crippen LogP contribution in [0.15, 0.2) is 47.1 Å². The minimum absolute atomic E-state index is 0.172. The number of aryl methyl sites for hydroxylation is 1. The number of benzene rings is 1. The third kappa shape index (κ3) is 4.90. The Labute approximate surface area is 198 Å². The van der Waals surface area contributed by atoms with Gasteiger partial charge in [-0.15, -0.1) is 0 Å². The maximum absolute atomic E-state index is 13.4. The van der Waals surface area contributed by atoms with Crippen molar-refractivity contribution in [3.05, 3.63) is 53.9 Å². The number of rotatable bonds is 1. The summed E-state index contributed by atoms with van der Waals surface area (Å²) >= 11 is 0. The molecule has 8 heteroatoms. The topological polar surface area (TPSA) is 88.8 Å². The molecule has 4 heterocycles. The quantitative estimate of drug-likeness (QED) is 0.546. The molecule has 1 fully saturated rings. The molecule has 0 saturated carbocycles. The van der Waals surface area contributed by atoms with Gasteiger partial charge < -0.3 is 19.1 Å². The van der Waals surface area contributed by atoms with Crippen LogP contribution in [-0.4, -0.2) is 64.0 Å². The van der Waals surface area contributed by atoms with Crippen molar-refractivity contribution in [2.45, 2.75) is 51.0 Å². The van der Waals surface area contributed by atoms with Crippen molar-refractivity contribution in [2.24, 2.45) is 0 Å². The summed E-state index contributed by atoms with van der Waals surface area (Å²) in [5.41, 5.74) is 1.61. The number of nitrogens with zero attached hydrogens (tertiary/aromatic N) is 4. The highest BCUT2D eigenvalue weighted by molar-refractivity contribution is 6.02. The molecule has 3 aromatic rings. The highest BCUT2D eigenvalue weighted by atomic mass is 16.5. The lowest BCUT2D eigenvalue weighted by Crippen LogP contribution is -2.44. The first-order valence-corrected chi connectivity index (χ1v) is 12.2. The van der Waals surface area contributed by atoms with E-state index in [1.54, 1.807) is 23.2 Å². The molecule has 8 nitrogen and oxygen atoms in total. The van der Waals surface area contributed by atoms with Crippen LogP contribution in [0.25, 0.3) is 11.0 Å². The number of carbonyl (C=O) groups is 2. The summed E-state index contributed by atoms with van der Waals surface area (Å²) in [7, 11) is 0. The predicted octanol–water partition coefficient (Wildman–Crippen LogP) is 3.85. The Morgan fingerprint density at radius 2 is 1.94 bits per heavy atom. The van der Waals surface area contributed by atoms with Crippen LogP contribution in [-0.2, 0) is 11.2 Å². The second-order valence-electron chi connectivity index (χ2n) is 9.05. The Balaban J connectivity index is 1.37. The van der Waals surface area contributed by atoms with Crippen molar-refractivity contribution in [3.8, 4) is 5.75 Å². The normalized spacial score (nSPS) is 20.2. The number of fused-ring (bicyclic) bond motifs is 4. The fraction of sp³-hybridized carbons (Fsp3) is 0.462. The Kier molecular flexibility index (Phi) is 6.74. The molecule has 2 aliphatic rings. The molecule has 1 atom stereocenters. The van der Waals surface area contributed by atoms with Gasteiger partial charge in [0.1, 0.15) is 12.4 Å². The number of ether oxygens (including phenoxy) is 1. The zero-order chi connectivity index (χ0) is 23.3. The van der Waals surface area contributed by atoms with Crippen LogP contribution in [0.3, 0.4) is 0 Å². The smallest absolute Gasteiger partial charge is 0.293 e. The fourth-order valence-corrected chi connectivity index (χ4v) is 4.99. The van der Waals surface area contributed by atoms with Crippen molar-refractivity contribution >= 4 is 22.8 Å². The van der Waals surface area contributed by atoms with Crippen LogP contribution in [0, 0.1) is 0 Å². The molecular formula is C26H30N4O4. The van der Waals surface area contributed by atoms with Crippen molar-refractivity contribution in [1.82, 2.24) is 19.9 Å². The fourth-order valence-electron chi connectivity index (χ4n) is 4.99. The molecule has 1 aromatic carbocycles. The molecule has 2 aliphatic heterocycles. The van der Waals surface area contributed by atoms with Crippen molar-refractivity contribution in [1.29, 1.82) is 0 Å². The van der Waals surface area contributed by atoms with Gasteiger partial charge in [-0.05, 0) is 68.4 Å². The molecule has 1 unspecified atom stereocenters. The SMILES string of the molecule is O=C(c1onc2ncccc12)N1CCCC(=O)N2CCCCC2CCc2cccc(c2)OCC1. The summed E-state index contributed by atoms with van der Waals surface area (Å²) in [5.74, 6) is 0.892. The third-order valence-corrected chi connectivity index (χ3v) is 6.80. The van der Waals surface area contributed by atoms with E-state index >= 15 is 0 Å². The van der Waals surface area contributed by atoms with Crippen LogP contribution in [0.4, 0.5) is 0 Å². The molecule has 5 rings (SSSR count). The average Bonchev–Trinajstić information content (AvgIpc) is 3.30. The van der Waals surface area contributed by atoms with E-state index in [-0.39, 0.29) is 23.6 Å². The zero-order valence-corrected chi connectivity index (χ0v) is 19.3.